The minimum atomic E-state index is -0.235. The molecule has 0 bridgehead atoms. The van der Waals surface area contributed by atoms with Gasteiger partial charge in [0, 0.05) is 11.6 Å². The van der Waals surface area contributed by atoms with Gasteiger partial charge < -0.3 is 4.57 Å². The molecule has 2 heterocycles. The first-order chi connectivity index (χ1) is 8.68. The number of nitrogens with zero attached hydrogens (tertiary/aromatic N) is 3. The number of fused-ring (bicyclic) bond motifs is 1. The number of hydrogen-bond acceptors (Lipinski definition) is 3. The molecule has 2 N–H and O–H groups in total. The Morgan fingerprint density at radius 2 is 2.17 bits per heavy atom. The van der Waals surface area contributed by atoms with Crippen molar-refractivity contribution in [2.75, 3.05) is 0 Å². The van der Waals surface area contributed by atoms with Crippen molar-refractivity contribution in [3.63, 3.8) is 0 Å². The topological polar surface area (TPSA) is 79.4 Å². The number of aromatic amines is 2. The Morgan fingerprint density at radius 1 is 1.33 bits per heavy atom. The van der Waals surface area contributed by atoms with Crippen molar-refractivity contribution in [2.45, 2.75) is 19.9 Å². The zero-order valence-electron chi connectivity index (χ0n) is 10.1. The maximum atomic E-state index is 11.6. The van der Waals surface area contributed by atoms with Gasteiger partial charge in [-0.05, 0) is 19.9 Å². The Bertz CT molecular complexity index is 749. The van der Waals surface area contributed by atoms with E-state index in [0.29, 0.717) is 11.7 Å². The average molecular weight is 243 g/mol. The second kappa shape index (κ2) is 3.83. The van der Waals surface area contributed by atoms with Gasteiger partial charge in [0.1, 0.15) is 0 Å². The fraction of sp³-hybridized carbons (Fsp3) is 0.250. The van der Waals surface area contributed by atoms with Crippen LogP contribution in [0.5, 0.6) is 0 Å². The second-order valence-corrected chi connectivity index (χ2v) is 4.45. The number of H-pyrrole nitrogens is 2. The molecule has 2 aromatic heterocycles. The standard InChI is InChI=1S/C12H13N5O/c1-7(2)17-6-13-10-8(4-3-5-9(10)17)11-12(18)15-16-14-11/h3-7H,1-2H3,(H2,14,15,16,18). The number of imidazole rings is 1. The molecule has 0 atom stereocenters. The number of para-hydroxylation sites is 1. The van der Waals surface area contributed by atoms with Crippen molar-refractivity contribution in [3.05, 3.63) is 34.9 Å². The third kappa shape index (κ3) is 1.46. The third-order valence-electron chi connectivity index (χ3n) is 2.97. The number of aromatic nitrogens is 5. The average Bonchev–Trinajstić information content (AvgIpc) is 2.94. The van der Waals surface area contributed by atoms with Gasteiger partial charge in [0.2, 0.25) is 0 Å². The molecule has 0 aliphatic carbocycles. The van der Waals surface area contributed by atoms with Gasteiger partial charge in [-0.15, -0.1) is 0 Å². The lowest BCUT2D eigenvalue weighted by molar-refractivity contribution is 0.617. The van der Waals surface area contributed by atoms with Gasteiger partial charge >= 0.3 is 0 Å². The smallest absolute Gasteiger partial charge is 0.292 e. The molecule has 0 saturated carbocycles. The van der Waals surface area contributed by atoms with E-state index in [2.05, 4.69) is 38.8 Å². The van der Waals surface area contributed by atoms with Crippen LogP contribution in [0, 0.1) is 0 Å². The summed E-state index contributed by atoms with van der Waals surface area (Å²) in [6, 6.07) is 6.08. The van der Waals surface area contributed by atoms with Crippen LogP contribution in [-0.2, 0) is 0 Å². The molecule has 6 heteroatoms. The highest BCUT2D eigenvalue weighted by Crippen LogP contribution is 2.25. The summed E-state index contributed by atoms with van der Waals surface area (Å²) in [6.45, 7) is 4.18. The zero-order chi connectivity index (χ0) is 12.7. The minimum absolute atomic E-state index is 0.235. The predicted molar refractivity (Wildman–Crippen MR) is 68.3 cm³/mol. The Kier molecular flexibility index (Phi) is 2.29. The predicted octanol–water partition coefficient (Wildman–Crippen LogP) is 1.70. The zero-order valence-corrected chi connectivity index (χ0v) is 10.1. The van der Waals surface area contributed by atoms with Crippen molar-refractivity contribution >= 4 is 11.0 Å². The molecule has 3 rings (SSSR count). The van der Waals surface area contributed by atoms with Crippen LogP contribution in [0.2, 0.25) is 0 Å². The van der Waals surface area contributed by atoms with E-state index in [1.54, 1.807) is 6.33 Å². The summed E-state index contributed by atoms with van der Waals surface area (Å²) in [4.78, 5) is 16.0. The summed E-state index contributed by atoms with van der Waals surface area (Å²) in [5.41, 5.74) is 2.68. The molecule has 0 amide bonds. The Labute approximate surface area is 103 Å². The minimum Gasteiger partial charge on any atom is -0.328 e. The molecular weight excluding hydrogens is 230 g/mol. The molecule has 0 radical (unpaired) electrons. The molecule has 1 aromatic carbocycles. The molecule has 92 valence electrons. The molecule has 0 unspecified atom stereocenters. The summed E-state index contributed by atoms with van der Waals surface area (Å²) in [5, 5.41) is 8.85. The van der Waals surface area contributed by atoms with E-state index in [1.807, 2.05) is 18.2 Å². The maximum absolute atomic E-state index is 11.6. The fourth-order valence-corrected chi connectivity index (χ4v) is 2.09. The molecule has 0 aliphatic rings. The van der Waals surface area contributed by atoms with Gasteiger partial charge in [-0.1, -0.05) is 12.1 Å². The molecule has 18 heavy (non-hydrogen) atoms. The molecule has 0 spiro atoms. The van der Waals surface area contributed by atoms with E-state index < -0.39 is 0 Å². The Hall–Kier alpha value is -2.37. The Morgan fingerprint density at radius 3 is 2.83 bits per heavy atom. The third-order valence-corrected chi connectivity index (χ3v) is 2.97. The number of benzene rings is 1. The van der Waals surface area contributed by atoms with Crippen LogP contribution >= 0.6 is 0 Å². The van der Waals surface area contributed by atoms with Gasteiger partial charge in [-0.3, -0.25) is 4.79 Å². The van der Waals surface area contributed by atoms with Crippen LogP contribution in [0.1, 0.15) is 19.9 Å². The van der Waals surface area contributed by atoms with Gasteiger partial charge in [-0.2, -0.15) is 5.10 Å². The highest BCUT2D eigenvalue weighted by Gasteiger charge is 2.14. The lowest BCUT2D eigenvalue weighted by atomic mass is 10.1. The first kappa shape index (κ1) is 10.8. The van der Waals surface area contributed by atoms with Crippen LogP contribution in [0.15, 0.2) is 29.3 Å². The molecule has 0 saturated heterocycles. The summed E-state index contributed by atoms with van der Waals surface area (Å²) < 4.78 is 2.07. The van der Waals surface area contributed by atoms with E-state index in [1.165, 1.54) is 0 Å². The van der Waals surface area contributed by atoms with Crippen LogP contribution < -0.4 is 5.56 Å². The molecule has 6 nitrogen and oxygen atoms in total. The highest BCUT2D eigenvalue weighted by molar-refractivity contribution is 5.90. The summed E-state index contributed by atoms with van der Waals surface area (Å²) in [5.74, 6) is 0. The number of hydrogen-bond donors (Lipinski definition) is 2. The summed E-state index contributed by atoms with van der Waals surface area (Å²) in [6.07, 6.45) is 1.79. The molecule has 3 aromatic rings. The lowest BCUT2D eigenvalue weighted by Gasteiger charge is -2.07. The van der Waals surface area contributed by atoms with Crippen molar-refractivity contribution in [2.24, 2.45) is 0 Å². The monoisotopic (exact) mass is 243 g/mol. The van der Waals surface area contributed by atoms with Crippen LogP contribution in [0.4, 0.5) is 0 Å². The summed E-state index contributed by atoms with van der Waals surface area (Å²) in [7, 11) is 0. The SMILES string of the molecule is CC(C)n1cnc2c(-c3n[nH][nH]c3=O)cccc21. The van der Waals surface area contributed by atoms with E-state index in [9.17, 15) is 4.79 Å². The molecule has 0 fully saturated rings. The normalized spacial score (nSPS) is 11.5. The quantitative estimate of drug-likeness (QED) is 0.718. The Balaban J connectivity index is 2.32. The number of rotatable bonds is 2. The summed E-state index contributed by atoms with van der Waals surface area (Å²) >= 11 is 0. The first-order valence-electron chi connectivity index (χ1n) is 5.77. The van der Waals surface area contributed by atoms with Crippen molar-refractivity contribution in [1.82, 2.24) is 25.0 Å². The lowest BCUT2D eigenvalue weighted by Crippen LogP contribution is -2.02. The second-order valence-electron chi connectivity index (χ2n) is 4.45. The first-order valence-corrected chi connectivity index (χ1v) is 5.77. The van der Waals surface area contributed by atoms with E-state index in [4.69, 9.17) is 0 Å². The van der Waals surface area contributed by atoms with Crippen LogP contribution in [0.3, 0.4) is 0 Å². The van der Waals surface area contributed by atoms with Crippen LogP contribution in [0.25, 0.3) is 22.3 Å². The fourth-order valence-electron chi connectivity index (χ4n) is 2.09. The van der Waals surface area contributed by atoms with E-state index >= 15 is 0 Å². The van der Waals surface area contributed by atoms with Gasteiger partial charge in [0.25, 0.3) is 5.56 Å². The molecular formula is C12H13N5O. The van der Waals surface area contributed by atoms with Crippen molar-refractivity contribution < 1.29 is 0 Å². The molecule has 0 aliphatic heterocycles. The van der Waals surface area contributed by atoms with Crippen molar-refractivity contribution in [1.29, 1.82) is 0 Å². The van der Waals surface area contributed by atoms with E-state index in [-0.39, 0.29) is 5.56 Å². The largest absolute Gasteiger partial charge is 0.328 e. The van der Waals surface area contributed by atoms with Crippen LogP contribution in [-0.4, -0.2) is 25.0 Å². The van der Waals surface area contributed by atoms with Crippen molar-refractivity contribution in [3.8, 4) is 11.3 Å². The van der Waals surface area contributed by atoms with Gasteiger partial charge in [0.15, 0.2) is 5.69 Å². The van der Waals surface area contributed by atoms with Gasteiger partial charge in [-0.25, -0.2) is 15.3 Å². The maximum Gasteiger partial charge on any atom is 0.292 e. The van der Waals surface area contributed by atoms with E-state index in [0.717, 1.165) is 16.6 Å². The highest BCUT2D eigenvalue weighted by atomic mass is 16.1. The number of nitrogens with one attached hydrogen (secondary N) is 2. The van der Waals surface area contributed by atoms with Gasteiger partial charge in [0.05, 0.1) is 17.4 Å².